The van der Waals surface area contributed by atoms with Crippen molar-refractivity contribution < 1.29 is 23.6 Å². The number of hydrogen-bond donors (Lipinski definition) is 2. The molecular weight excluding hydrogens is 377 g/mol. The Morgan fingerprint density at radius 3 is 2.70 bits per heavy atom. The van der Waals surface area contributed by atoms with Crippen LogP contribution in [0, 0.1) is 10.5 Å². The Balaban J connectivity index is 2.42. The molecule has 142 valence electrons. The smallest absolute Gasteiger partial charge is 0.323 e. The number of aromatic amines is 1. The number of imide groups is 1. The summed E-state index contributed by atoms with van der Waals surface area (Å²) in [6.45, 7) is 0. The number of amides is 3. The van der Waals surface area contributed by atoms with Crippen LogP contribution in [0.1, 0.15) is 5.56 Å². The van der Waals surface area contributed by atoms with Gasteiger partial charge in [0.25, 0.3) is 5.91 Å². The van der Waals surface area contributed by atoms with Gasteiger partial charge in [0.2, 0.25) is 11.7 Å². The average Bonchev–Trinajstić information content (AvgIpc) is 2.64. The second-order valence-electron chi connectivity index (χ2n) is 5.23. The average molecular weight is 393 g/mol. The van der Waals surface area contributed by atoms with E-state index in [9.17, 15) is 14.0 Å². The summed E-state index contributed by atoms with van der Waals surface area (Å²) in [5, 5.41) is 5.81. The number of H-pyrrole nitrogens is 1. The minimum Gasteiger partial charge on any atom is -0.437 e. The second-order valence-corrected chi connectivity index (χ2v) is 5.61. The Morgan fingerprint density at radius 1 is 1.33 bits per heavy atom. The third kappa shape index (κ3) is 4.85. The summed E-state index contributed by atoms with van der Waals surface area (Å²) in [6, 6.07) is 5.56. The van der Waals surface area contributed by atoms with Crippen LogP contribution in [0.3, 0.4) is 0 Å². The minimum atomic E-state index is -0.861. The van der Waals surface area contributed by atoms with E-state index in [0.717, 1.165) is 0 Å². The first kappa shape index (κ1) is 20.0. The van der Waals surface area contributed by atoms with Crippen molar-refractivity contribution in [3.8, 4) is 11.6 Å². The van der Waals surface area contributed by atoms with Crippen LogP contribution in [-0.4, -0.2) is 53.7 Å². The standard InChI is InChI=1S/C16H16FN5O4S/c1-22(2)16(24)20-13(23)12(21-25-3)9-6-4-5-7-10(9)26-14-11(17)15(27)19-8-18-14/h4-8H,1-3H3,(H,18,19,27)(H,20,23,24)/b21-12+. The third-order valence-electron chi connectivity index (χ3n) is 3.14. The summed E-state index contributed by atoms with van der Waals surface area (Å²) >= 11 is 4.76. The molecule has 0 aliphatic rings. The Kier molecular flexibility index (Phi) is 6.55. The van der Waals surface area contributed by atoms with Crippen LogP contribution in [0.15, 0.2) is 35.7 Å². The van der Waals surface area contributed by atoms with Gasteiger partial charge in [-0.05, 0) is 12.1 Å². The maximum absolute atomic E-state index is 14.1. The molecular formula is C16H16FN5O4S. The molecule has 3 amide bonds. The molecule has 2 aromatic rings. The molecule has 0 bridgehead atoms. The quantitative estimate of drug-likeness (QED) is 0.458. The number of halogens is 1. The van der Waals surface area contributed by atoms with Gasteiger partial charge in [-0.15, -0.1) is 0 Å². The van der Waals surface area contributed by atoms with Gasteiger partial charge in [-0.3, -0.25) is 10.1 Å². The van der Waals surface area contributed by atoms with E-state index >= 15 is 0 Å². The van der Waals surface area contributed by atoms with E-state index in [-0.39, 0.29) is 27.5 Å². The summed E-state index contributed by atoms with van der Waals surface area (Å²) in [5.41, 5.74) is -0.0738. The molecule has 0 unspecified atom stereocenters. The normalized spacial score (nSPS) is 10.9. The summed E-state index contributed by atoms with van der Waals surface area (Å²) in [7, 11) is 4.19. The number of aromatic nitrogens is 2. The van der Waals surface area contributed by atoms with Crippen LogP contribution in [-0.2, 0) is 9.63 Å². The van der Waals surface area contributed by atoms with Crippen molar-refractivity contribution in [2.75, 3.05) is 21.2 Å². The number of nitrogens with one attached hydrogen (secondary N) is 2. The topological polar surface area (TPSA) is 109 Å². The maximum Gasteiger partial charge on any atom is 0.323 e. The van der Waals surface area contributed by atoms with Crippen LogP contribution in [0.2, 0.25) is 0 Å². The largest absolute Gasteiger partial charge is 0.437 e. The molecule has 9 nitrogen and oxygen atoms in total. The van der Waals surface area contributed by atoms with Crippen molar-refractivity contribution >= 4 is 29.9 Å². The molecule has 2 rings (SSSR count). The van der Waals surface area contributed by atoms with Crippen LogP contribution in [0.25, 0.3) is 0 Å². The van der Waals surface area contributed by atoms with Gasteiger partial charge < -0.3 is 19.5 Å². The first-order chi connectivity index (χ1) is 12.8. The first-order valence-corrected chi connectivity index (χ1v) is 7.90. The predicted molar refractivity (Wildman–Crippen MR) is 96.7 cm³/mol. The zero-order valence-electron chi connectivity index (χ0n) is 14.6. The number of nitrogens with zero attached hydrogens (tertiary/aromatic N) is 3. The highest BCUT2D eigenvalue weighted by atomic mass is 32.1. The summed E-state index contributed by atoms with van der Waals surface area (Å²) in [5.74, 6) is -1.89. The highest BCUT2D eigenvalue weighted by Gasteiger charge is 2.23. The fourth-order valence-corrected chi connectivity index (χ4v) is 2.02. The SMILES string of the molecule is CO/N=C(/C(=O)NC(=O)N(C)C)c1ccccc1Oc1[nH]cnc(=S)c1F. The number of rotatable bonds is 5. The Hall–Kier alpha value is -3.34. The summed E-state index contributed by atoms with van der Waals surface area (Å²) < 4.78 is 19.3. The van der Waals surface area contributed by atoms with Gasteiger partial charge in [-0.1, -0.05) is 29.5 Å². The van der Waals surface area contributed by atoms with Crippen molar-refractivity contribution in [1.29, 1.82) is 0 Å². The van der Waals surface area contributed by atoms with Gasteiger partial charge in [0.05, 0.1) is 11.9 Å². The number of para-hydroxylation sites is 1. The summed E-state index contributed by atoms with van der Waals surface area (Å²) in [6.07, 6.45) is 1.18. The Bertz CT molecular complexity index is 944. The predicted octanol–water partition coefficient (Wildman–Crippen LogP) is 2.22. The van der Waals surface area contributed by atoms with E-state index in [1.54, 1.807) is 12.1 Å². The number of carbonyl (C=O) groups excluding carboxylic acids is 2. The van der Waals surface area contributed by atoms with E-state index in [2.05, 4.69) is 20.4 Å². The highest BCUT2D eigenvalue weighted by Crippen LogP contribution is 2.26. The van der Waals surface area contributed by atoms with Crippen LogP contribution >= 0.6 is 12.2 Å². The lowest BCUT2D eigenvalue weighted by Gasteiger charge is -2.14. The van der Waals surface area contributed by atoms with Gasteiger partial charge >= 0.3 is 6.03 Å². The number of oxime groups is 1. The molecule has 11 heteroatoms. The van der Waals surface area contributed by atoms with Gasteiger partial charge in [0.15, 0.2) is 10.4 Å². The van der Waals surface area contributed by atoms with Crippen molar-refractivity contribution in [3.05, 3.63) is 46.6 Å². The molecule has 0 saturated carbocycles. The number of ether oxygens (including phenoxy) is 1. The molecule has 1 aromatic carbocycles. The van der Waals surface area contributed by atoms with Crippen molar-refractivity contribution in [2.45, 2.75) is 0 Å². The van der Waals surface area contributed by atoms with E-state index < -0.39 is 17.8 Å². The number of carbonyl (C=O) groups is 2. The Labute approximate surface area is 158 Å². The lowest BCUT2D eigenvalue weighted by molar-refractivity contribution is -0.114. The van der Waals surface area contributed by atoms with E-state index in [1.165, 1.54) is 44.6 Å². The molecule has 0 aliphatic carbocycles. The van der Waals surface area contributed by atoms with Crippen molar-refractivity contribution in [3.63, 3.8) is 0 Å². The fourth-order valence-electron chi connectivity index (χ4n) is 1.87. The minimum absolute atomic E-state index is 0.0801. The first-order valence-electron chi connectivity index (χ1n) is 7.49. The molecule has 0 saturated heterocycles. The molecule has 27 heavy (non-hydrogen) atoms. The van der Waals surface area contributed by atoms with Gasteiger partial charge in [0, 0.05) is 14.1 Å². The number of urea groups is 1. The van der Waals surface area contributed by atoms with E-state index in [4.69, 9.17) is 21.8 Å². The van der Waals surface area contributed by atoms with E-state index in [1.807, 2.05) is 0 Å². The molecule has 1 aromatic heterocycles. The molecule has 2 N–H and O–H groups in total. The zero-order chi connectivity index (χ0) is 20.0. The van der Waals surface area contributed by atoms with Gasteiger partial charge in [-0.25, -0.2) is 9.78 Å². The second kappa shape index (κ2) is 8.85. The van der Waals surface area contributed by atoms with Gasteiger partial charge in [-0.2, -0.15) is 4.39 Å². The van der Waals surface area contributed by atoms with E-state index in [0.29, 0.717) is 0 Å². The molecule has 0 aliphatic heterocycles. The van der Waals surface area contributed by atoms with Crippen LogP contribution < -0.4 is 10.1 Å². The zero-order valence-corrected chi connectivity index (χ0v) is 15.5. The monoisotopic (exact) mass is 393 g/mol. The van der Waals surface area contributed by atoms with Crippen LogP contribution in [0.5, 0.6) is 11.6 Å². The molecule has 0 spiro atoms. The fraction of sp³-hybridized carbons (Fsp3) is 0.188. The summed E-state index contributed by atoms with van der Waals surface area (Å²) in [4.78, 5) is 36.2. The lowest BCUT2D eigenvalue weighted by atomic mass is 10.1. The van der Waals surface area contributed by atoms with Crippen LogP contribution in [0.4, 0.5) is 9.18 Å². The molecule has 0 atom stereocenters. The van der Waals surface area contributed by atoms with Crippen molar-refractivity contribution in [1.82, 2.24) is 20.2 Å². The number of benzene rings is 1. The lowest BCUT2D eigenvalue weighted by Crippen LogP contribution is -2.42. The van der Waals surface area contributed by atoms with Gasteiger partial charge in [0.1, 0.15) is 12.9 Å². The highest BCUT2D eigenvalue weighted by molar-refractivity contribution is 7.71. The Morgan fingerprint density at radius 2 is 2.04 bits per heavy atom. The molecule has 1 heterocycles. The molecule has 0 fully saturated rings. The molecule has 0 radical (unpaired) electrons. The maximum atomic E-state index is 14.1. The third-order valence-corrected chi connectivity index (χ3v) is 3.43. The number of hydrogen-bond acceptors (Lipinski definition) is 7. The van der Waals surface area contributed by atoms with Crippen molar-refractivity contribution in [2.24, 2.45) is 5.16 Å².